The molecule has 3 heterocycles. The SMILES string of the molecule is c1cc(CNc2nnc([C@@H]3CCCO3)o2)cs1. The molecule has 1 aliphatic heterocycles. The molecular weight excluding hydrogens is 238 g/mol. The Labute approximate surface area is 103 Å². The van der Waals surface area contributed by atoms with Crippen molar-refractivity contribution in [3.05, 3.63) is 28.3 Å². The van der Waals surface area contributed by atoms with E-state index < -0.39 is 0 Å². The molecule has 0 aliphatic carbocycles. The fourth-order valence-electron chi connectivity index (χ4n) is 1.78. The summed E-state index contributed by atoms with van der Waals surface area (Å²) in [5.41, 5.74) is 1.21. The van der Waals surface area contributed by atoms with Crippen molar-refractivity contribution in [3.8, 4) is 0 Å². The number of anilines is 1. The molecule has 2 aromatic rings. The topological polar surface area (TPSA) is 60.2 Å². The Balaban J connectivity index is 1.60. The van der Waals surface area contributed by atoms with Crippen molar-refractivity contribution in [2.75, 3.05) is 11.9 Å². The average molecular weight is 251 g/mol. The van der Waals surface area contributed by atoms with Crippen LogP contribution in [0.25, 0.3) is 0 Å². The maximum atomic E-state index is 5.51. The number of ether oxygens (including phenoxy) is 1. The Kier molecular flexibility index (Phi) is 3.06. The first-order valence-electron chi connectivity index (χ1n) is 5.62. The minimum Gasteiger partial charge on any atom is -0.405 e. The van der Waals surface area contributed by atoms with E-state index in [1.54, 1.807) is 11.3 Å². The van der Waals surface area contributed by atoms with Crippen LogP contribution in [0.15, 0.2) is 21.2 Å². The summed E-state index contributed by atoms with van der Waals surface area (Å²) in [6.45, 7) is 1.49. The molecule has 0 spiro atoms. The number of thiophene rings is 1. The summed E-state index contributed by atoms with van der Waals surface area (Å²) in [5, 5.41) is 15.2. The van der Waals surface area contributed by atoms with Crippen LogP contribution in [0.2, 0.25) is 0 Å². The van der Waals surface area contributed by atoms with Crippen molar-refractivity contribution in [2.45, 2.75) is 25.5 Å². The molecule has 1 aliphatic rings. The molecular formula is C11H13N3O2S. The number of rotatable bonds is 4. The van der Waals surface area contributed by atoms with Gasteiger partial charge in [-0.2, -0.15) is 11.3 Å². The second kappa shape index (κ2) is 4.85. The van der Waals surface area contributed by atoms with Gasteiger partial charge in [-0.3, -0.25) is 0 Å². The number of aromatic nitrogens is 2. The summed E-state index contributed by atoms with van der Waals surface area (Å²) >= 11 is 1.67. The summed E-state index contributed by atoms with van der Waals surface area (Å²) in [7, 11) is 0. The normalized spacial score (nSPS) is 19.6. The highest BCUT2D eigenvalue weighted by Gasteiger charge is 2.23. The standard InChI is InChI=1S/C11H13N3O2S/c1-2-9(15-4-1)10-13-14-11(16-10)12-6-8-3-5-17-7-8/h3,5,7,9H,1-2,4,6H2,(H,12,14)/t9-/m0/s1. The van der Waals surface area contributed by atoms with Crippen molar-refractivity contribution in [1.29, 1.82) is 0 Å². The van der Waals surface area contributed by atoms with Crippen LogP contribution in [0.5, 0.6) is 0 Å². The van der Waals surface area contributed by atoms with Gasteiger partial charge in [-0.1, -0.05) is 5.10 Å². The molecule has 1 atom stereocenters. The lowest BCUT2D eigenvalue weighted by molar-refractivity contribution is 0.0897. The lowest BCUT2D eigenvalue weighted by atomic mass is 10.2. The molecule has 5 nitrogen and oxygen atoms in total. The Morgan fingerprint density at radius 3 is 3.24 bits per heavy atom. The summed E-state index contributed by atoms with van der Waals surface area (Å²) in [6.07, 6.45) is 2.01. The molecule has 0 aromatic carbocycles. The van der Waals surface area contributed by atoms with E-state index in [4.69, 9.17) is 9.15 Å². The van der Waals surface area contributed by atoms with Gasteiger partial charge in [0.25, 0.3) is 0 Å². The zero-order valence-corrected chi connectivity index (χ0v) is 10.1. The van der Waals surface area contributed by atoms with Crippen LogP contribution >= 0.6 is 11.3 Å². The van der Waals surface area contributed by atoms with Crippen LogP contribution in [-0.2, 0) is 11.3 Å². The molecule has 2 aromatic heterocycles. The van der Waals surface area contributed by atoms with Gasteiger partial charge in [0.05, 0.1) is 0 Å². The van der Waals surface area contributed by atoms with E-state index in [9.17, 15) is 0 Å². The first-order valence-corrected chi connectivity index (χ1v) is 6.56. The van der Waals surface area contributed by atoms with Gasteiger partial charge in [0.1, 0.15) is 6.10 Å². The van der Waals surface area contributed by atoms with Gasteiger partial charge in [-0.25, -0.2) is 0 Å². The molecule has 17 heavy (non-hydrogen) atoms. The average Bonchev–Trinajstić information content (AvgIpc) is 3.09. The third-order valence-electron chi connectivity index (χ3n) is 2.67. The zero-order valence-electron chi connectivity index (χ0n) is 9.26. The highest BCUT2D eigenvalue weighted by atomic mass is 32.1. The molecule has 90 valence electrons. The van der Waals surface area contributed by atoms with E-state index in [0.29, 0.717) is 18.5 Å². The summed E-state index contributed by atoms with van der Waals surface area (Å²) in [4.78, 5) is 0. The summed E-state index contributed by atoms with van der Waals surface area (Å²) in [6, 6.07) is 2.52. The second-order valence-electron chi connectivity index (χ2n) is 3.93. The minimum absolute atomic E-state index is 0.0146. The quantitative estimate of drug-likeness (QED) is 0.905. The van der Waals surface area contributed by atoms with Crippen LogP contribution in [-0.4, -0.2) is 16.8 Å². The van der Waals surface area contributed by atoms with Crippen molar-refractivity contribution in [2.24, 2.45) is 0 Å². The van der Waals surface area contributed by atoms with Gasteiger partial charge in [0.2, 0.25) is 5.89 Å². The predicted molar refractivity (Wildman–Crippen MR) is 63.9 cm³/mol. The van der Waals surface area contributed by atoms with E-state index >= 15 is 0 Å². The molecule has 0 bridgehead atoms. The highest BCUT2D eigenvalue weighted by molar-refractivity contribution is 7.07. The largest absolute Gasteiger partial charge is 0.405 e. The summed E-state index contributed by atoms with van der Waals surface area (Å²) in [5.74, 6) is 0.579. The van der Waals surface area contributed by atoms with Crippen molar-refractivity contribution < 1.29 is 9.15 Å². The molecule has 0 radical (unpaired) electrons. The monoisotopic (exact) mass is 251 g/mol. The number of hydrogen-bond acceptors (Lipinski definition) is 6. The second-order valence-corrected chi connectivity index (χ2v) is 4.71. The third-order valence-corrected chi connectivity index (χ3v) is 3.40. The molecule has 6 heteroatoms. The Morgan fingerprint density at radius 2 is 2.47 bits per heavy atom. The third kappa shape index (κ3) is 2.48. The first kappa shape index (κ1) is 10.7. The maximum absolute atomic E-state index is 5.51. The van der Waals surface area contributed by atoms with Gasteiger partial charge in [0, 0.05) is 13.2 Å². The van der Waals surface area contributed by atoms with Crippen molar-refractivity contribution in [3.63, 3.8) is 0 Å². The predicted octanol–water partition coefficient (Wildman–Crippen LogP) is 2.59. The van der Waals surface area contributed by atoms with Gasteiger partial charge < -0.3 is 14.5 Å². The zero-order chi connectivity index (χ0) is 11.5. The van der Waals surface area contributed by atoms with Gasteiger partial charge in [0.15, 0.2) is 0 Å². The minimum atomic E-state index is -0.0146. The Hall–Kier alpha value is -1.40. The molecule has 0 unspecified atom stereocenters. The fraction of sp³-hybridized carbons (Fsp3) is 0.455. The molecule has 1 saturated heterocycles. The Bertz CT molecular complexity index is 463. The van der Waals surface area contributed by atoms with Crippen LogP contribution in [0.1, 0.15) is 30.4 Å². The lowest BCUT2D eigenvalue weighted by Crippen LogP contribution is -1.97. The van der Waals surface area contributed by atoms with E-state index in [2.05, 4.69) is 27.0 Å². The van der Waals surface area contributed by atoms with E-state index in [1.807, 2.05) is 5.38 Å². The molecule has 0 amide bonds. The van der Waals surface area contributed by atoms with Gasteiger partial charge >= 0.3 is 6.01 Å². The highest BCUT2D eigenvalue weighted by Crippen LogP contribution is 2.28. The molecule has 1 fully saturated rings. The smallest absolute Gasteiger partial charge is 0.315 e. The van der Waals surface area contributed by atoms with E-state index in [1.165, 1.54) is 5.56 Å². The van der Waals surface area contributed by atoms with Crippen molar-refractivity contribution in [1.82, 2.24) is 10.2 Å². The lowest BCUT2D eigenvalue weighted by Gasteiger charge is -2.02. The fourth-order valence-corrected chi connectivity index (χ4v) is 2.45. The Morgan fingerprint density at radius 1 is 1.47 bits per heavy atom. The van der Waals surface area contributed by atoms with E-state index in [-0.39, 0.29) is 6.10 Å². The number of hydrogen-bond donors (Lipinski definition) is 1. The maximum Gasteiger partial charge on any atom is 0.315 e. The van der Waals surface area contributed by atoms with E-state index in [0.717, 1.165) is 19.4 Å². The molecule has 1 N–H and O–H groups in total. The van der Waals surface area contributed by atoms with Crippen molar-refractivity contribution >= 4 is 17.4 Å². The summed E-state index contributed by atoms with van der Waals surface area (Å²) < 4.78 is 11.0. The van der Waals surface area contributed by atoms with Crippen LogP contribution in [0, 0.1) is 0 Å². The first-order chi connectivity index (χ1) is 8.42. The van der Waals surface area contributed by atoms with Gasteiger partial charge in [-0.15, -0.1) is 5.10 Å². The number of nitrogens with one attached hydrogen (secondary N) is 1. The van der Waals surface area contributed by atoms with Gasteiger partial charge in [-0.05, 0) is 35.2 Å². The molecule has 3 rings (SSSR count). The molecule has 0 saturated carbocycles. The number of nitrogens with zero attached hydrogens (tertiary/aromatic N) is 2. The van der Waals surface area contributed by atoms with Crippen LogP contribution in [0.3, 0.4) is 0 Å². The van der Waals surface area contributed by atoms with Crippen LogP contribution in [0.4, 0.5) is 6.01 Å². The van der Waals surface area contributed by atoms with Crippen LogP contribution < -0.4 is 5.32 Å².